The van der Waals surface area contributed by atoms with Crippen molar-refractivity contribution in [1.29, 1.82) is 0 Å². The summed E-state index contributed by atoms with van der Waals surface area (Å²) >= 11 is 0. The topological polar surface area (TPSA) is 33.4 Å². The van der Waals surface area contributed by atoms with Crippen molar-refractivity contribution in [3.8, 4) is 11.1 Å². The van der Waals surface area contributed by atoms with Gasteiger partial charge in [-0.15, -0.1) is 0 Å². The molecule has 27 heavy (non-hydrogen) atoms. The number of rotatable bonds is 2. The van der Waals surface area contributed by atoms with E-state index >= 15 is 0 Å². The number of hydrogen-bond donors (Lipinski definition) is 1. The lowest BCUT2D eigenvalue weighted by molar-refractivity contribution is 0.0793. The summed E-state index contributed by atoms with van der Waals surface area (Å²) in [5, 5.41) is 15.3. The Hall–Kier alpha value is -3.10. The molecule has 4 aromatic carbocycles. The van der Waals surface area contributed by atoms with Crippen LogP contribution in [0.3, 0.4) is 0 Å². The zero-order valence-corrected chi connectivity index (χ0v) is 15.4. The third-order valence-corrected chi connectivity index (χ3v) is 5.26. The van der Waals surface area contributed by atoms with E-state index in [1.807, 2.05) is 50.2 Å². The van der Waals surface area contributed by atoms with Gasteiger partial charge in [-0.05, 0) is 59.5 Å². The fourth-order valence-corrected chi connectivity index (χ4v) is 3.97. The van der Waals surface area contributed by atoms with Gasteiger partial charge < -0.3 is 9.52 Å². The van der Waals surface area contributed by atoms with Crippen LogP contribution in [-0.4, -0.2) is 5.11 Å². The van der Waals surface area contributed by atoms with Gasteiger partial charge >= 0.3 is 0 Å². The Morgan fingerprint density at radius 2 is 1.41 bits per heavy atom. The molecule has 0 aliphatic heterocycles. The first-order chi connectivity index (χ1) is 13.0. The standard InChI is InChI=1S/C25H20O2/c1-25(2,26)21-14-12-16-7-3-4-8-18(16)24(21)17-11-13-20-19-9-5-6-10-22(19)27-23(20)15-17/h3-15,26H,1-2H3. The number of furan rings is 1. The first kappa shape index (κ1) is 16.1. The molecule has 2 nitrogen and oxygen atoms in total. The molecule has 1 heterocycles. The fraction of sp³-hybridized carbons (Fsp3) is 0.120. The van der Waals surface area contributed by atoms with Crippen molar-refractivity contribution >= 4 is 32.7 Å². The predicted octanol–water partition coefficient (Wildman–Crippen LogP) is 6.63. The third kappa shape index (κ3) is 2.53. The zero-order chi connectivity index (χ0) is 18.6. The summed E-state index contributed by atoms with van der Waals surface area (Å²) in [4.78, 5) is 0. The summed E-state index contributed by atoms with van der Waals surface area (Å²) in [5.41, 5.74) is 3.84. The average Bonchev–Trinajstić information content (AvgIpc) is 3.04. The Kier molecular flexibility index (Phi) is 3.40. The van der Waals surface area contributed by atoms with Gasteiger partial charge in [0, 0.05) is 10.8 Å². The van der Waals surface area contributed by atoms with Crippen LogP contribution in [0.4, 0.5) is 0 Å². The second kappa shape index (κ2) is 5.70. The van der Waals surface area contributed by atoms with Crippen LogP contribution < -0.4 is 0 Å². The number of hydrogen-bond acceptors (Lipinski definition) is 2. The van der Waals surface area contributed by atoms with Gasteiger partial charge in [0.15, 0.2) is 0 Å². The first-order valence-electron chi connectivity index (χ1n) is 9.19. The number of fused-ring (bicyclic) bond motifs is 4. The van der Waals surface area contributed by atoms with Crippen molar-refractivity contribution in [3.05, 3.63) is 84.4 Å². The molecule has 0 radical (unpaired) electrons. The monoisotopic (exact) mass is 352 g/mol. The highest BCUT2D eigenvalue weighted by atomic mass is 16.3. The maximum Gasteiger partial charge on any atom is 0.136 e. The molecule has 0 spiro atoms. The molecule has 5 rings (SSSR count). The van der Waals surface area contributed by atoms with E-state index in [9.17, 15) is 5.11 Å². The maximum absolute atomic E-state index is 10.8. The SMILES string of the molecule is CC(C)(O)c1ccc2ccccc2c1-c1ccc2c(c1)oc1ccccc12. The summed E-state index contributed by atoms with van der Waals surface area (Å²) in [5.74, 6) is 0. The highest BCUT2D eigenvalue weighted by Gasteiger charge is 2.23. The molecule has 0 saturated carbocycles. The molecule has 0 atom stereocenters. The second-order valence-corrected chi connectivity index (χ2v) is 7.58. The predicted molar refractivity (Wildman–Crippen MR) is 112 cm³/mol. The van der Waals surface area contributed by atoms with Gasteiger partial charge in [0.25, 0.3) is 0 Å². The van der Waals surface area contributed by atoms with Gasteiger partial charge in [0.1, 0.15) is 11.2 Å². The van der Waals surface area contributed by atoms with E-state index in [0.29, 0.717) is 0 Å². The largest absolute Gasteiger partial charge is 0.456 e. The van der Waals surface area contributed by atoms with Gasteiger partial charge in [-0.1, -0.05) is 60.7 Å². The van der Waals surface area contributed by atoms with Crippen molar-refractivity contribution in [2.24, 2.45) is 0 Å². The minimum absolute atomic E-state index is 0.864. The molecule has 0 fully saturated rings. The quantitative estimate of drug-likeness (QED) is 0.386. The van der Waals surface area contributed by atoms with Gasteiger partial charge in [-0.2, -0.15) is 0 Å². The summed E-state index contributed by atoms with van der Waals surface area (Å²) < 4.78 is 6.09. The Bertz CT molecular complexity index is 1300. The Balaban J connectivity index is 1.85. The zero-order valence-electron chi connectivity index (χ0n) is 15.4. The lowest BCUT2D eigenvalue weighted by atomic mass is 9.86. The molecule has 0 saturated heterocycles. The first-order valence-corrected chi connectivity index (χ1v) is 9.19. The molecule has 132 valence electrons. The van der Waals surface area contributed by atoms with Gasteiger partial charge in [-0.25, -0.2) is 0 Å². The average molecular weight is 352 g/mol. The number of benzene rings is 4. The van der Waals surface area contributed by atoms with Crippen LogP contribution >= 0.6 is 0 Å². The van der Waals surface area contributed by atoms with Crippen LogP contribution in [0.2, 0.25) is 0 Å². The third-order valence-electron chi connectivity index (χ3n) is 5.26. The smallest absolute Gasteiger partial charge is 0.136 e. The lowest BCUT2D eigenvalue weighted by Gasteiger charge is -2.23. The molecule has 1 N–H and O–H groups in total. The van der Waals surface area contributed by atoms with Crippen molar-refractivity contribution in [2.45, 2.75) is 19.4 Å². The van der Waals surface area contributed by atoms with E-state index in [1.165, 1.54) is 0 Å². The van der Waals surface area contributed by atoms with Crippen molar-refractivity contribution in [3.63, 3.8) is 0 Å². The summed E-state index contributed by atoms with van der Waals surface area (Å²) in [6, 6.07) is 26.8. The number of para-hydroxylation sites is 1. The molecule has 0 amide bonds. The van der Waals surface area contributed by atoms with Crippen molar-refractivity contribution in [1.82, 2.24) is 0 Å². The molecular formula is C25H20O2. The highest BCUT2D eigenvalue weighted by molar-refractivity contribution is 6.07. The normalized spacial score (nSPS) is 12.3. The van der Waals surface area contributed by atoms with Crippen LogP contribution in [0.15, 0.2) is 83.3 Å². The van der Waals surface area contributed by atoms with E-state index in [1.54, 1.807) is 0 Å². The Morgan fingerprint density at radius 3 is 2.22 bits per heavy atom. The van der Waals surface area contributed by atoms with Crippen LogP contribution in [0.25, 0.3) is 43.8 Å². The summed E-state index contributed by atoms with van der Waals surface area (Å²) in [7, 11) is 0. The van der Waals surface area contributed by atoms with E-state index in [4.69, 9.17) is 4.42 Å². The highest BCUT2D eigenvalue weighted by Crippen LogP contribution is 2.39. The summed E-state index contributed by atoms with van der Waals surface area (Å²) in [6.07, 6.45) is 0. The molecular weight excluding hydrogens is 332 g/mol. The van der Waals surface area contributed by atoms with Crippen molar-refractivity contribution in [2.75, 3.05) is 0 Å². The molecule has 0 aliphatic carbocycles. The maximum atomic E-state index is 10.8. The summed E-state index contributed by atoms with van der Waals surface area (Å²) in [6.45, 7) is 3.67. The molecule has 1 aromatic heterocycles. The van der Waals surface area contributed by atoms with Gasteiger partial charge in [-0.3, -0.25) is 0 Å². The fourth-order valence-electron chi connectivity index (χ4n) is 3.97. The lowest BCUT2D eigenvalue weighted by Crippen LogP contribution is -2.17. The molecule has 0 aliphatic rings. The Labute approximate surface area is 157 Å². The van der Waals surface area contributed by atoms with Crippen LogP contribution in [-0.2, 0) is 5.60 Å². The van der Waals surface area contributed by atoms with Crippen LogP contribution in [0, 0.1) is 0 Å². The van der Waals surface area contributed by atoms with Gasteiger partial charge in [0.2, 0.25) is 0 Å². The molecule has 5 aromatic rings. The van der Waals surface area contributed by atoms with E-state index in [-0.39, 0.29) is 0 Å². The van der Waals surface area contributed by atoms with E-state index in [0.717, 1.165) is 49.4 Å². The molecule has 0 unspecified atom stereocenters. The Morgan fingerprint density at radius 1 is 0.704 bits per heavy atom. The van der Waals surface area contributed by atoms with Crippen molar-refractivity contribution < 1.29 is 9.52 Å². The minimum atomic E-state index is -0.942. The second-order valence-electron chi connectivity index (χ2n) is 7.58. The minimum Gasteiger partial charge on any atom is -0.456 e. The van der Waals surface area contributed by atoms with Crippen LogP contribution in [0.1, 0.15) is 19.4 Å². The van der Waals surface area contributed by atoms with Gasteiger partial charge in [0.05, 0.1) is 5.60 Å². The van der Waals surface area contributed by atoms with E-state index < -0.39 is 5.60 Å². The molecule has 2 heteroatoms. The number of aliphatic hydroxyl groups is 1. The van der Waals surface area contributed by atoms with E-state index in [2.05, 4.69) is 42.5 Å². The van der Waals surface area contributed by atoms with Crippen LogP contribution in [0.5, 0.6) is 0 Å². The molecule has 0 bridgehead atoms.